The number of amides is 1. The van der Waals surface area contributed by atoms with E-state index in [-0.39, 0.29) is 13.1 Å². The molecule has 3 nitrogen and oxygen atoms in total. The molecule has 94 valence electrons. The van der Waals surface area contributed by atoms with Gasteiger partial charge in [0.15, 0.2) is 0 Å². The highest BCUT2D eigenvalue weighted by atomic mass is 19.4. The lowest BCUT2D eigenvalue weighted by Gasteiger charge is -2.08. The summed E-state index contributed by atoms with van der Waals surface area (Å²) in [4.78, 5) is 10.4. The smallest absolute Gasteiger partial charge is 0.347 e. The van der Waals surface area contributed by atoms with Crippen molar-refractivity contribution in [3.05, 3.63) is 35.9 Å². The standard InChI is InChI=1S/C11H13F3N2O/c12-11(13,14)10(17)16-7-6-15-8-9-4-2-1-3-5-9/h1-5,15H,6-8H2,(H,16,17). The fourth-order valence-corrected chi connectivity index (χ4v) is 1.19. The van der Waals surface area contributed by atoms with Crippen LogP contribution in [0.25, 0.3) is 0 Å². The first-order valence-corrected chi connectivity index (χ1v) is 5.10. The van der Waals surface area contributed by atoms with Crippen molar-refractivity contribution in [2.24, 2.45) is 0 Å². The lowest BCUT2D eigenvalue weighted by Crippen LogP contribution is -2.40. The van der Waals surface area contributed by atoms with E-state index in [1.54, 1.807) is 5.32 Å². The molecular formula is C11H13F3N2O. The molecule has 0 aliphatic carbocycles. The Hall–Kier alpha value is -1.56. The van der Waals surface area contributed by atoms with Gasteiger partial charge in [-0.3, -0.25) is 4.79 Å². The molecule has 0 aliphatic heterocycles. The first kappa shape index (κ1) is 13.5. The molecule has 0 atom stereocenters. The maximum atomic E-state index is 11.8. The Balaban J connectivity index is 2.12. The van der Waals surface area contributed by atoms with E-state index < -0.39 is 12.1 Å². The number of carbonyl (C=O) groups excluding carboxylic acids is 1. The second-order valence-corrected chi connectivity index (χ2v) is 3.42. The van der Waals surface area contributed by atoms with Crippen LogP contribution < -0.4 is 10.6 Å². The van der Waals surface area contributed by atoms with E-state index in [9.17, 15) is 18.0 Å². The minimum Gasteiger partial charge on any atom is -0.347 e. The maximum Gasteiger partial charge on any atom is 0.471 e. The SMILES string of the molecule is O=C(NCCNCc1ccccc1)C(F)(F)F. The van der Waals surface area contributed by atoms with Crippen LogP contribution in [-0.4, -0.2) is 25.2 Å². The molecule has 0 bridgehead atoms. The summed E-state index contributed by atoms with van der Waals surface area (Å²) in [5.41, 5.74) is 1.04. The van der Waals surface area contributed by atoms with Crippen LogP contribution in [-0.2, 0) is 11.3 Å². The van der Waals surface area contributed by atoms with Gasteiger partial charge in [-0.05, 0) is 5.56 Å². The van der Waals surface area contributed by atoms with Crippen LogP contribution in [0.15, 0.2) is 30.3 Å². The fourth-order valence-electron chi connectivity index (χ4n) is 1.19. The number of carbonyl (C=O) groups is 1. The zero-order valence-electron chi connectivity index (χ0n) is 9.05. The van der Waals surface area contributed by atoms with Crippen LogP contribution in [0.1, 0.15) is 5.56 Å². The van der Waals surface area contributed by atoms with Gasteiger partial charge in [-0.2, -0.15) is 13.2 Å². The van der Waals surface area contributed by atoms with Gasteiger partial charge in [-0.1, -0.05) is 30.3 Å². The Kier molecular flexibility index (Phi) is 4.96. The Bertz CT molecular complexity index is 351. The summed E-state index contributed by atoms with van der Waals surface area (Å²) >= 11 is 0. The summed E-state index contributed by atoms with van der Waals surface area (Å²) in [6, 6.07) is 9.44. The zero-order chi connectivity index (χ0) is 12.7. The first-order chi connectivity index (χ1) is 8.00. The average molecular weight is 246 g/mol. The third-order valence-corrected chi connectivity index (χ3v) is 2.02. The Morgan fingerprint density at radius 1 is 1.12 bits per heavy atom. The molecule has 6 heteroatoms. The third-order valence-electron chi connectivity index (χ3n) is 2.02. The van der Waals surface area contributed by atoms with E-state index in [2.05, 4.69) is 5.32 Å². The van der Waals surface area contributed by atoms with Crippen molar-refractivity contribution in [3.63, 3.8) is 0 Å². The lowest BCUT2D eigenvalue weighted by molar-refractivity contribution is -0.173. The van der Waals surface area contributed by atoms with Crippen molar-refractivity contribution < 1.29 is 18.0 Å². The minimum atomic E-state index is -4.81. The van der Waals surface area contributed by atoms with E-state index >= 15 is 0 Å². The highest BCUT2D eigenvalue weighted by Crippen LogP contribution is 2.13. The number of hydrogen-bond acceptors (Lipinski definition) is 2. The van der Waals surface area contributed by atoms with E-state index in [0.29, 0.717) is 6.54 Å². The van der Waals surface area contributed by atoms with Gasteiger partial charge in [0.05, 0.1) is 0 Å². The van der Waals surface area contributed by atoms with Crippen LogP contribution in [0.2, 0.25) is 0 Å². The van der Waals surface area contributed by atoms with Crippen molar-refractivity contribution in [1.82, 2.24) is 10.6 Å². The quantitative estimate of drug-likeness (QED) is 0.772. The Morgan fingerprint density at radius 3 is 2.35 bits per heavy atom. The number of benzene rings is 1. The molecular weight excluding hydrogens is 233 g/mol. The summed E-state index contributed by atoms with van der Waals surface area (Å²) in [5, 5.41) is 4.71. The number of nitrogens with one attached hydrogen (secondary N) is 2. The van der Waals surface area contributed by atoms with Crippen LogP contribution in [0.4, 0.5) is 13.2 Å². The minimum absolute atomic E-state index is 0.0504. The van der Waals surface area contributed by atoms with Crippen LogP contribution in [0.5, 0.6) is 0 Å². The second-order valence-electron chi connectivity index (χ2n) is 3.42. The molecule has 0 spiro atoms. The van der Waals surface area contributed by atoms with Crippen LogP contribution in [0, 0.1) is 0 Å². The van der Waals surface area contributed by atoms with Crippen molar-refractivity contribution in [2.75, 3.05) is 13.1 Å². The Labute approximate surface area is 97.0 Å². The third kappa shape index (κ3) is 5.35. The van der Waals surface area contributed by atoms with E-state index in [0.717, 1.165) is 5.56 Å². The molecule has 1 rings (SSSR count). The van der Waals surface area contributed by atoms with Gasteiger partial charge in [-0.15, -0.1) is 0 Å². The summed E-state index contributed by atoms with van der Waals surface area (Å²) < 4.78 is 35.4. The second kappa shape index (κ2) is 6.24. The molecule has 0 radical (unpaired) electrons. The van der Waals surface area contributed by atoms with Gasteiger partial charge in [0.25, 0.3) is 0 Å². The monoisotopic (exact) mass is 246 g/mol. The van der Waals surface area contributed by atoms with Crippen LogP contribution >= 0.6 is 0 Å². The topological polar surface area (TPSA) is 41.1 Å². The molecule has 0 heterocycles. The largest absolute Gasteiger partial charge is 0.471 e. The normalized spacial score (nSPS) is 11.2. The molecule has 1 aromatic carbocycles. The van der Waals surface area contributed by atoms with E-state index in [4.69, 9.17) is 0 Å². The number of hydrogen-bond donors (Lipinski definition) is 2. The average Bonchev–Trinajstić information content (AvgIpc) is 2.28. The number of alkyl halides is 3. The van der Waals surface area contributed by atoms with E-state index in [1.165, 1.54) is 0 Å². The van der Waals surface area contributed by atoms with Gasteiger partial charge in [-0.25, -0.2) is 0 Å². The molecule has 1 amide bonds. The summed E-state index contributed by atoms with van der Waals surface area (Å²) in [6.07, 6.45) is -4.81. The summed E-state index contributed by atoms with van der Waals surface area (Å²) in [7, 11) is 0. The summed E-state index contributed by atoms with van der Waals surface area (Å²) in [5.74, 6) is -1.90. The molecule has 0 saturated carbocycles. The zero-order valence-corrected chi connectivity index (χ0v) is 9.05. The lowest BCUT2D eigenvalue weighted by atomic mass is 10.2. The predicted molar refractivity (Wildman–Crippen MR) is 57.2 cm³/mol. The van der Waals surface area contributed by atoms with Gasteiger partial charge in [0, 0.05) is 19.6 Å². The molecule has 0 aliphatic rings. The molecule has 17 heavy (non-hydrogen) atoms. The highest BCUT2D eigenvalue weighted by Gasteiger charge is 2.38. The van der Waals surface area contributed by atoms with Crippen molar-refractivity contribution >= 4 is 5.91 Å². The van der Waals surface area contributed by atoms with Crippen molar-refractivity contribution in [2.45, 2.75) is 12.7 Å². The number of rotatable bonds is 5. The van der Waals surface area contributed by atoms with Crippen LogP contribution in [0.3, 0.4) is 0 Å². The van der Waals surface area contributed by atoms with Gasteiger partial charge < -0.3 is 10.6 Å². The van der Waals surface area contributed by atoms with Crippen molar-refractivity contribution in [1.29, 1.82) is 0 Å². The summed E-state index contributed by atoms with van der Waals surface area (Å²) in [6.45, 7) is 0.796. The molecule has 0 unspecified atom stereocenters. The molecule has 1 aromatic rings. The molecule has 0 fully saturated rings. The maximum absolute atomic E-state index is 11.8. The van der Waals surface area contributed by atoms with Gasteiger partial charge in [0.2, 0.25) is 0 Å². The molecule has 0 aromatic heterocycles. The molecule has 0 saturated heterocycles. The Morgan fingerprint density at radius 2 is 1.76 bits per heavy atom. The number of halogens is 3. The molecule has 2 N–H and O–H groups in total. The highest BCUT2D eigenvalue weighted by molar-refractivity contribution is 5.81. The van der Waals surface area contributed by atoms with Gasteiger partial charge in [0.1, 0.15) is 0 Å². The van der Waals surface area contributed by atoms with Gasteiger partial charge >= 0.3 is 12.1 Å². The van der Waals surface area contributed by atoms with E-state index in [1.807, 2.05) is 30.3 Å². The fraction of sp³-hybridized carbons (Fsp3) is 0.364. The predicted octanol–water partition coefficient (Wildman–Crippen LogP) is 1.45. The first-order valence-electron chi connectivity index (χ1n) is 5.10. The van der Waals surface area contributed by atoms with Crippen molar-refractivity contribution in [3.8, 4) is 0 Å².